The van der Waals surface area contributed by atoms with Gasteiger partial charge in [-0.2, -0.15) is 11.1 Å². The smallest absolute Gasteiger partial charge is 0.330 e. The Kier molecular flexibility index (Phi) is 15.6. The van der Waals surface area contributed by atoms with Crippen LogP contribution in [0.4, 0.5) is 0 Å². The number of esters is 1. The minimum Gasteiger partial charge on any atom is -0.463 e. The molecule has 0 aliphatic carbocycles. The van der Waals surface area contributed by atoms with Gasteiger partial charge >= 0.3 is 5.97 Å². The Balaban J connectivity index is 0. The maximum atomic E-state index is 10.3. The number of carbonyl (C=O) groups is 1. The van der Waals surface area contributed by atoms with Crippen molar-refractivity contribution >= 4 is 38.2 Å². The van der Waals surface area contributed by atoms with Crippen molar-refractivity contribution in [1.29, 1.82) is 0 Å². The molecule has 0 aliphatic rings. The summed E-state index contributed by atoms with van der Waals surface area (Å²) in [4.78, 5) is 10.3. The van der Waals surface area contributed by atoms with E-state index in [1.54, 1.807) is 0 Å². The largest absolute Gasteiger partial charge is 0.463 e. The number of hydrogen-bond acceptors (Lipinski definition) is 2. The zero-order valence-corrected chi connectivity index (χ0v) is 9.99. The number of rotatable bonds is 4. The summed E-state index contributed by atoms with van der Waals surface area (Å²) in [6.07, 6.45) is 1.83. The molecule has 0 rings (SSSR count). The van der Waals surface area contributed by atoms with Crippen LogP contribution in [0.5, 0.6) is 0 Å². The van der Waals surface area contributed by atoms with Gasteiger partial charge in [0.25, 0.3) is 0 Å². The molecule has 0 aromatic rings. The van der Waals surface area contributed by atoms with Gasteiger partial charge in [-0.05, 0) is 6.42 Å². The van der Waals surface area contributed by atoms with Crippen molar-refractivity contribution < 1.29 is 9.53 Å². The maximum absolute atomic E-state index is 10.3. The van der Waals surface area contributed by atoms with E-state index in [0.717, 1.165) is 15.6 Å². The Morgan fingerprint density at radius 1 is 1.64 bits per heavy atom. The van der Waals surface area contributed by atoms with Gasteiger partial charge < -0.3 is 4.74 Å². The summed E-state index contributed by atoms with van der Waals surface area (Å²) in [5.41, 5.74) is 0. The summed E-state index contributed by atoms with van der Waals surface area (Å²) in [6.45, 7) is 3.62. The van der Waals surface area contributed by atoms with Gasteiger partial charge in [0, 0.05) is 12.0 Å². The molecule has 0 unspecified atom stereocenters. The average molecular weight is 215 g/mol. The minimum absolute atomic E-state index is 0.383. The standard InChI is InChI=1S/C6H9ClO2.ClH3Si/c1-2-6(8)9-5-3-4-7;1-2/h2H,1,3-5H2;2H3. The van der Waals surface area contributed by atoms with Crippen LogP contribution in [0.1, 0.15) is 6.42 Å². The van der Waals surface area contributed by atoms with E-state index in [1.165, 1.54) is 0 Å². The second kappa shape index (κ2) is 12.7. The lowest BCUT2D eigenvalue weighted by Gasteiger charge is -1.96. The van der Waals surface area contributed by atoms with Crippen molar-refractivity contribution in [2.75, 3.05) is 12.5 Å². The fourth-order valence-electron chi connectivity index (χ4n) is 0.286. The van der Waals surface area contributed by atoms with Crippen molar-refractivity contribution in [3.05, 3.63) is 12.7 Å². The highest BCUT2D eigenvalue weighted by atomic mass is 35.6. The molecule has 0 radical (unpaired) electrons. The molecule has 0 saturated heterocycles. The lowest BCUT2D eigenvalue weighted by Crippen LogP contribution is -2.01. The monoisotopic (exact) mass is 214 g/mol. The van der Waals surface area contributed by atoms with Crippen LogP contribution in [0.2, 0.25) is 0 Å². The molecule has 0 heterocycles. The number of ether oxygens (including phenoxy) is 1. The molecule has 66 valence electrons. The summed E-state index contributed by atoms with van der Waals surface area (Å²) < 4.78 is 4.59. The molecule has 0 aromatic carbocycles. The van der Waals surface area contributed by atoms with Crippen LogP contribution < -0.4 is 0 Å². The Hall–Kier alpha value is 0.00688. The second-order valence-corrected chi connectivity index (χ2v) is 1.79. The van der Waals surface area contributed by atoms with E-state index in [2.05, 4.69) is 11.3 Å². The van der Waals surface area contributed by atoms with Crippen molar-refractivity contribution in [2.45, 2.75) is 6.42 Å². The highest BCUT2D eigenvalue weighted by Gasteiger charge is 1.91. The van der Waals surface area contributed by atoms with Crippen molar-refractivity contribution in [3.63, 3.8) is 0 Å². The topological polar surface area (TPSA) is 26.3 Å². The number of carbonyl (C=O) groups excluding carboxylic acids is 1. The third-order valence-electron chi connectivity index (χ3n) is 0.689. The van der Waals surface area contributed by atoms with E-state index in [1.807, 2.05) is 0 Å². The van der Waals surface area contributed by atoms with Gasteiger partial charge in [0.15, 0.2) is 0 Å². The molecule has 0 spiro atoms. The van der Waals surface area contributed by atoms with E-state index >= 15 is 0 Å². The third kappa shape index (κ3) is 13.1. The minimum atomic E-state index is -0.389. The first-order valence-electron chi connectivity index (χ1n) is 3.04. The van der Waals surface area contributed by atoms with Crippen molar-refractivity contribution in [3.8, 4) is 0 Å². The Morgan fingerprint density at radius 3 is 2.55 bits per heavy atom. The summed E-state index contributed by atoms with van der Waals surface area (Å²) in [5, 5.41) is 0. The molecule has 0 amide bonds. The lowest BCUT2D eigenvalue weighted by atomic mass is 10.5. The third-order valence-corrected chi connectivity index (χ3v) is 0.956. The fourth-order valence-corrected chi connectivity index (χ4v) is 0.395. The van der Waals surface area contributed by atoms with E-state index in [4.69, 9.17) is 22.7 Å². The molecule has 5 heteroatoms. The van der Waals surface area contributed by atoms with Crippen LogP contribution in [0.15, 0.2) is 12.7 Å². The predicted molar refractivity (Wildman–Crippen MR) is 52.3 cm³/mol. The number of hydrogen-bond donors (Lipinski definition) is 0. The molecule has 0 aliphatic heterocycles. The highest BCUT2D eigenvalue weighted by molar-refractivity contribution is 6.80. The van der Waals surface area contributed by atoms with Gasteiger partial charge in [-0.3, -0.25) is 0 Å². The quantitative estimate of drug-likeness (QED) is 0.173. The van der Waals surface area contributed by atoms with Crippen LogP contribution >= 0.6 is 22.7 Å². The Morgan fingerprint density at radius 2 is 2.18 bits per heavy atom. The normalized spacial score (nSPS) is 7.82. The zero-order valence-electron chi connectivity index (χ0n) is 6.48. The lowest BCUT2D eigenvalue weighted by molar-refractivity contribution is -0.137. The molecular weight excluding hydrogens is 203 g/mol. The molecule has 0 bridgehead atoms. The van der Waals surface area contributed by atoms with Gasteiger partial charge in [-0.15, -0.1) is 11.6 Å². The summed E-state index contributed by atoms with van der Waals surface area (Å²) >= 11 is 10.1. The molecule has 0 aromatic heterocycles. The predicted octanol–water partition coefficient (Wildman–Crippen LogP) is 0.850. The Bertz CT molecular complexity index is 109. The van der Waals surface area contributed by atoms with Crippen LogP contribution in [0.25, 0.3) is 0 Å². The first kappa shape index (κ1) is 13.6. The summed E-state index contributed by atoms with van der Waals surface area (Å²) in [5.74, 6) is 0.129. The SMILES string of the molecule is C=CC(=O)OCCCCl.[SiH3]Cl. The van der Waals surface area contributed by atoms with E-state index < -0.39 is 0 Å². The summed E-state index contributed by atoms with van der Waals surface area (Å²) in [6, 6.07) is 0. The fraction of sp³-hybridized carbons (Fsp3) is 0.500. The average Bonchev–Trinajstić information content (AvgIpc) is 2.08. The van der Waals surface area contributed by atoms with Crippen molar-refractivity contribution in [1.82, 2.24) is 0 Å². The second-order valence-electron chi connectivity index (χ2n) is 1.41. The summed E-state index contributed by atoms with van der Waals surface area (Å²) in [7, 11) is 0.778. The molecule has 0 saturated carbocycles. The van der Waals surface area contributed by atoms with Gasteiger partial charge in [0.05, 0.1) is 6.61 Å². The van der Waals surface area contributed by atoms with E-state index in [-0.39, 0.29) is 5.97 Å². The van der Waals surface area contributed by atoms with Gasteiger partial charge in [-0.1, -0.05) is 6.58 Å². The van der Waals surface area contributed by atoms with Crippen LogP contribution in [-0.2, 0) is 9.53 Å². The molecule has 0 fully saturated rings. The Labute approximate surface area is 79.6 Å². The van der Waals surface area contributed by atoms with Gasteiger partial charge in [-0.25, -0.2) is 4.79 Å². The van der Waals surface area contributed by atoms with Crippen LogP contribution in [0.3, 0.4) is 0 Å². The number of halogens is 2. The van der Waals surface area contributed by atoms with E-state index in [0.29, 0.717) is 18.9 Å². The maximum Gasteiger partial charge on any atom is 0.330 e. The van der Waals surface area contributed by atoms with E-state index in [9.17, 15) is 4.79 Å². The molecule has 11 heavy (non-hydrogen) atoms. The first-order valence-corrected chi connectivity index (χ1v) is 6.60. The van der Waals surface area contributed by atoms with Crippen LogP contribution in [0, 0.1) is 0 Å². The molecular formula is C6H12Cl2O2Si. The van der Waals surface area contributed by atoms with Gasteiger partial charge in [0.2, 0.25) is 0 Å². The molecule has 0 N–H and O–H groups in total. The van der Waals surface area contributed by atoms with Gasteiger partial charge in [0.1, 0.15) is 9.55 Å². The molecule has 2 nitrogen and oxygen atoms in total. The highest BCUT2D eigenvalue weighted by Crippen LogP contribution is 1.86. The zero-order chi connectivity index (χ0) is 9.11. The number of alkyl halides is 1. The molecule has 0 atom stereocenters. The van der Waals surface area contributed by atoms with Crippen LogP contribution in [-0.4, -0.2) is 28.0 Å². The van der Waals surface area contributed by atoms with Crippen molar-refractivity contribution in [2.24, 2.45) is 0 Å². The first-order chi connectivity index (χ1) is 5.31.